The highest BCUT2D eigenvalue weighted by Gasteiger charge is 2.33. The summed E-state index contributed by atoms with van der Waals surface area (Å²) in [6, 6.07) is 8.04. The van der Waals surface area contributed by atoms with E-state index in [1.54, 1.807) is 25.9 Å². The van der Waals surface area contributed by atoms with Gasteiger partial charge >= 0.3 is 0 Å². The van der Waals surface area contributed by atoms with Crippen molar-refractivity contribution >= 4 is 5.91 Å². The lowest BCUT2D eigenvalue weighted by Crippen LogP contribution is -2.51. The van der Waals surface area contributed by atoms with Crippen LogP contribution in [0.2, 0.25) is 0 Å². The van der Waals surface area contributed by atoms with Crippen LogP contribution in [0.3, 0.4) is 0 Å². The van der Waals surface area contributed by atoms with Crippen molar-refractivity contribution in [2.24, 2.45) is 13.0 Å². The number of aromatic nitrogens is 2. The van der Waals surface area contributed by atoms with Gasteiger partial charge in [0, 0.05) is 31.3 Å². The highest BCUT2D eigenvalue weighted by Crippen LogP contribution is 2.33. The molecular weight excluding hydrogens is 380 g/mol. The Morgan fingerprint density at radius 3 is 2.77 bits per heavy atom. The highest BCUT2D eigenvalue weighted by atomic mass is 16.5. The third-order valence-corrected chi connectivity index (χ3v) is 6.55. The second-order valence-electron chi connectivity index (χ2n) is 8.32. The van der Waals surface area contributed by atoms with Gasteiger partial charge in [-0.2, -0.15) is 5.10 Å². The van der Waals surface area contributed by atoms with Gasteiger partial charge in [-0.15, -0.1) is 0 Å². The minimum absolute atomic E-state index is 0.0725. The van der Waals surface area contributed by atoms with E-state index in [2.05, 4.69) is 15.3 Å². The van der Waals surface area contributed by atoms with E-state index in [1.165, 1.54) is 45.2 Å². The van der Waals surface area contributed by atoms with E-state index in [9.17, 15) is 4.79 Å². The molecule has 1 amide bonds. The van der Waals surface area contributed by atoms with Crippen LogP contribution in [0.25, 0.3) is 11.3 Å². The zero-order chi connectivity index (χ0) is 21.1. The molecule has 0 bridgehead atoms. The van der Waals surface area contributed by atoms with Gasteiger partial charge in [-0.05, 0) is 62.9 Å². The van der Waals surface area contributed by atoms with Crippen LogP contribution >= 0.6 is 0 Å². The van der Waals surface area contributed by atoms with E-state index >= 15 is 0 Å². The van der Waals surface area contributed by atoms with Crippen LogP contribution in [0.4, 0.5) is 0 Å². The zero-order valence-electron chi connectivity index (χ0n) is 18.2. The Hall–Kier alpha value is -2.54. The largest absolute Gasteiger partial charge is 0.497 e. The van der Waals surface area contributed by atoms with Crippen molar-refractivity contribution in [2.75, 3.05) is 33.9 Å². The van der Waals surface area contributed by atoms with E-state index in [0.717, 1.165) is 12.1 Å². The summed E-state index contributed by atoms with van der Waals surface area (Å²) in [6.45, 7) is 3.15. The number of hydrogen-bond acceptors (Lipinski definition) is 5. The molecule has 7 heteroatoms. The third-order valence-electron chi connectivity index (χ3n) is 6.55. The van der Waals surface area contributed by atoms with Gasteiger partial charge in [-0.1, -0.05) is 6.42 Å². The lowest BCUT2D eigenvalue weighted by atomic mass is 9.83. The molecule has 30 heavy (non-hydrogen) atoms. The van der Waals surface area contributed by atoms with Gasteiger partial charge in [-0.3, -0.25) is 9.48 Å². The average molecular weight is 413 g/mol. The van der Waals surface area contributed by atoms with E-state index < -0.39 is 0 Å². The van der Waals surface area contributed by atoms with Crippen LogP contribution in [0.5, 0.6) is 11.5 Å². The van der Waals surface area contributed by atoms with Crippen molar-refractivity contribution < 1.29 is 14.3 Å². The van der Waals surface area contributed by atoms with Crippen LogP contribution in [-0.4, -0.2) is 60.5 Å². The second-order valence-corrected chi connectivity index (χ2v) is 8.32. The lowest BCUT2D eigenvalue weighted by Gasteiger charge is -2.44. The first-order valence-corrected chi connectivity index (χ1v) is 10.9. The number of fused-ring (bicyclic) bond motifs is 1. The van der Waals surface area contributed by atoms with Gasteiger partial charge in [0.2, 0.25) is 0 Å². The molecule has 0 spiro atoms. The number of carbonyl (C=O) groups excluding carboxylic acids is 1. The summed E-state index contributed by atoms with van der Waals surface area (Å²) in [7, 11) is 5.04. The predicted octanol–water partition coefficient (Wildman–Crippen LogP) is 3.10. The SMILES string of the molecule is COc1ccc(-c2cc(C(=O)NC[C@H]3CCCN4CCCC[C@H]34)n(C)n2)c(OC)c1. The van der Waals surface area contributed by atoms with Crippen LogP contribution in [-0.2, 0) is 7.05 Å². The fraction of sp³-hybridized carbons (Fsp3) is 0.565. The molecule has 1 aromatic carbocycles. The first-order chi connectivity index (χ1) is 14.6. The van der Waals surface area contributed by atoms with Gasteiger partial charge in [0.25, 0.3) is 5.91 Å². The molecule has 162 valence electrons. The molecule has 2 fully saturated rings. The smallest absolute Gasteiger partial charge is 0.269 e. The van der Waals surface area contributed by atoms with Crippen molar-refractivity contribution in [3.05, 3.63) is 30.0 Å². The molecule has 2 aromatic rings. The molecule has 3 heterocycles. The van der Waals surface area contributed by atoms with Gasteiger partial charge < -0.3 is 19.7 Å². The maximum absolute atomic E-state index is 12.9. The summed E-state index contributed by atoms with van der Waals surface area (Å²) in [5.41, 5.74) is 2.09. The summed E-state index contributed by atoms with van der Waals surface area (Å²) < 4.78 is 12.4. The van der Waals surface area contributed by atoms with E-state index in [1.807, 2.05) is 24.3 Å². The fourth-order valence-corrected chi connectivity index (χ4v) is 4.95. The van der Waals surface area contributed by atoms with Crippen molar-refractivity contribution in [3.8, 4) is 22.8 Å². The Bertz CT molecular complexity index is 893. The van der Waals surface area contributed by atoms with Crippen molar-refractivity contribution in [1.29, 1.82) is 0 Å². The van der Waals surface area contributed by atoms with Gasteiger partial charge in [0.15, 0.2) is 0 Å². The van der Waals surface area contributed by atoms with E-state index in [0.29, 0.717) is 34.8 Å². The first kappa shape index (κ1) is 20.7. The average Bonchev–Trinajstić information content (AvgIpc) is 3.18. The third kappa shape index (κ3) is 4.17. The molecule has 4 rings (SSSR count). The number of methoxy groups -OCH3 is 2. The Balaban J connectivity index is 1.46. The Morgan fingerprint density at radius 2 is 1.97 bits per heavy atom. The fourth-order valence-electron chi connectivity index (χ4n) is 4.95. The zero-order valence-corrected chi connectivity index (χ0v) is 18.2. The quantitative estimate of drug-likeness (QED) is 0.790. The molecule has 0 aliphatic carbocycles. The van der Waals surface area contributed by atoms with Crippen molar-refractivity contribution in [1.82, 2.24) is 20.0 Å². The molecule has 0 saturated carbocycles. The number of aryl methyl sites for hydroxylation is 1. The summed E-state index contributed by atoms with van der Waals surface area (Å²) >= 11 is 0. The topological polar surface area (TPSA) is 68.6 Å². The summed E-state index contributed by atoms with van der Waals surface area (Å²) in [4.78, 5) is 15.6. The van der Waals surface area contributed by atoms with Gasteiger partial charge in [0.05, 0.1) is 19.9 Å². The number of benzene rings is 1. The minimum atomic E-state index is -0.0725. The molecule has 7 nitrogen and oxygen atoms in total. The van der Waals surface area contributed by atoms with Crippen LogP contribution in [0, 0.1) is 5.92 Å². The van der Waals surface area contributed by atoms with E-state index in [-0.39, 0.29) is 5.91 Å². The standard InChI is InChI=1S/C23H32N4O3/c1-26-21(14-19(25-26)18-10-9-17(29-2)13-22(18)30-3)23(28)24-15-16-7-6-12-27-11-5-4-8-20(16)27/h9-10,13-14,16,20H,4-8,11-12,15H2,1-3H3,(H,24,28)/t16-,20-/m1/s1. The van der Waals surface area contributed by atoms with Crippen LogP contribution < -0.4 is 14.8 Å². The Morgan fingerprint density at radius 1 is 1.13 bits per heavy atom. The number of nitrogens with one attached hydrogen (secondary N) is 1. The number of amides is 1. The first-order valence-electron chi connectivity index (χ1n) is 10.9. The molecule has 2 aliphatic rings. The maximum atomic E-state index is 12.9. The highest BCUT2D eigenvalue weighted by molar-refractivity contribution is 5.94. The molecule has 2 atom stereocenters. The summed E-state index contributed by atoms with van der Waals surface area (Å²) in [5, 5.41) is 7.73. The number of piperidine rings is 2. The van der Waals surface area contributed by atoms with Gasteiger partial charge in [0.1, 0.15) is 17.2 Å². The predicted molar refractivity (Wildman–Crippen MR) is 116 cm³/mol. The molecule has 0 radical (unpaired) electrons. The molecule has 2 saturated heterocycles. The second kappa shape index (κ2) is 9.08. The van der Waals surface area contributed by atoms with Crippen molar-refractivity contribution in [2.45, 2.75) is 38.1 Å². The molecular formula is C23H32N4O3. The van der Waals surface area contributed by atoms with Gasteiger partial charge in [-0.25, -0.2) is 0 Å². The number of ether oxygens (including phenoxy) is 2. The Labute approximate surface area is 178 Å². The lowest BCUT2D eigenvalue weighted by molar-refractivity contribution is 0.0574. The number of nitrogens with zero attached hydrogens (tertiary/aromatic N) is 3. The maximum Gasteiger partial charge on any atom is 0.269 e. The van der Waals surface area contributed by atoms with Crippen molar-refractivity contribution in [3.63, 3.8) is 0 Å². The Kier molecular flexibility index (Phi) is 6.27. The normalized spacial score (nSPS) is 21.7. The monoisotopic (exact) mass is 412 g/mol. The molecule has 1 N–H and O–H groups in total. The molecule has 0 unspecified atom stereocenters. The van der Waals surface area contributed by atoms with E-state index in [4.69, 9.17) is 9.47 Å². The summed E-state index contributed by atoms with van der Waals surface area (Å²) in [6.07, 6.45) is 6.29. The van der Waals surface area contributed by atoms with Crippen LogP contribution in [0.15, 0.2) is 24.3 Å². The summed E-state index contributed by atoms with van der Waals surface area (Å²) in [5.74, 6) is 1.85. The minimum Gasteiger partial charge on any atom is -0.497 e. The number of hydrogen-bond donors (Lipinski definition) is 1. The number of rotatable bonds is 6. The molecule has 1 aromatic heterocycles. The van der Waals surface area contributed by atoms with Crippen LogP contribution in [0.1, 0.15) is 42.6 Å². The molecule has 2 aliphatic heterocycles. The number of carbonyl (C=O) groups is 1.